The van der Waals surface area contributed by atoms with Gasteiger partial charge in [-0.15, -0.1) is 0 Å². The minimum Gasteiger partial charge on any atom is -0.488 e. The van der Waals surface area contributed by atoms with E-state index in [-0.39, 0.29) is 12.3 Å². The molecule has 3 aromatic carbocycles. The number of aryl methyl sites for hydroxylation is 1. The van der Waals surface area contributed by atoms with Gasteiger partial charge < -0.3 is 4.74 Å². The standard InChI is InChI=1S/C22H19ClN2O3/c1-2-16-3-8-20(9-4-16)24-14-18-13-19(23)7-12-22(18)28-15-17-5-10-21(11-6-17)25(26)27/h3-14H,2,15H2,1H3. The van der Waals surface area contributed by atoms with E-state index in [1.165, 1.54) is 17.7 Å². The molecule has 0 unspecified atom stereocenters. The molecule has 28 heavy (non-hydrogen) atoms. The molecule has 0 aliphatic rings. The molecule has 3 aromatic rings. The number of non-ortho nitro benzene ring substituents is 1. The maximum absolute atomic E-state index is 10.7. The van der Waals surface area contributed by atoms with Crippen molar-refractivity contribution in [2.24, 2.45) is 4.99 Å². The summed E-state index contributed by atoms with van der Waals surface area (Å²) in [6.07, 6.45) is 2.71. The lowest BCUT2D eigenvalue weighted by atomic mass is 10.1. The molecule has 0 spiro atoms. The Morgan fingerprint density at radius 1 is 1.04 bits per heavy atom. The predicted molar refractivity (Wildman–Crippen MR) is 112 cm³/mol. The van der Waals surface area contributed by atoms with Crippen LogP contribution in [0.3, 0.4) is 0 Å². The van der Waals surface area contributed by atoms with Crippen molar-refractivity contribution in [3.63, 3.8) is 0 Å². The number of aliphatic imine (C=N–C) groups is 1. The van der Waals surface area contributed by atoms with Crippen molar-refractivity contribution >= 4 is 29.2 Å². The van der Waals surface area contributed by atoms with Gasteiger partial charge in [0.1, 0.15) is 12.4 Å². The van der Waals surface area contributed by atoms with Crippen LogP contribution >= 0.6 is 11.6 Å². The number of rotatable bonds is 7. The van der Waals surface area contributed by atoms with Crippen LogP contribution in [0.1, 0.15) is 23.6 Å². The lowest BCUT2D eigenvalue weighted by molar-refractivity contribution is -0.384. The van der Waals surface area contributed by atoms with E-state index in [9.17, 15) is 10.1 Å². The van der Waals surface area contributed by atoms with Gasteiger partial charge in [-0.05, 0) is 60.0 Å². The number of hydrogen-bond acceptors (Lipinski definition) is 4. The van der Waals surface area contributed by atoms with Crippen LogP contribution in [-0.2, 0) is 13.0 Å². The van der Waals surface area contributed by atoms with Crippen LogP contribution in [0.15, 0.2) is 71.7 Å². The smallest absolute Gasteiger partial charge is 0.269 e. The fourth-order valence-corrected chi connectivity index (χ4v) is 2.77. The first kappa shape index (κ1) is 19.6. The van der Waals surface area contributed by atoms with Crippen molar-refractivity contribution in [1.82, 2.24) is 0 Å². The Morgan fingerprint density at radius 2 is 1.71 bits per heavy atom. The molecule has 0 aliphatic heterocycles. The molecule has 0 aromatic heterocycles. The third-order valence-electron chi connectivity index (χ3n) is 4.21. The van der Waals surface area contributed by atoms with Crippen LogP contribution < -0.4 is 4.74 Å². The fraction of sp³-hybridized carbons (Fsp3) is 0.136. The molecule has 0 aliphatic carbocycles. The minimum atomic E-state index is -0.425. The van der Waals surface area contributed by atoms with E-state index in [4.69, 9.17) is 16.3 Å². The summed E-state index contributed by atoms with van der Waals surface area (Å²) in [6.45, 7) is 2.39. The fourth-order valence-electron chi connectivity index (χ4n) is 2.59. The van der Waals surface area contributed by atoms with Gasteiger partial charge in [0.2, 0.25) is 0 Å². The number of nitrogens with zero attached hydrogens (tertiary/aromatic N) is 2. The number of halogens is 1. The molecule has 6 heteroatoms. The Bertz CT molecular complexity index is 984. The summed E-state index contributed by atoms with van der Waals surface area (Å²) in [6, 6.07) is 19.6. The van der Waals surface area contributed by atoms with Crippen molar-refractivity contribution in [2.75, 3.05) is 0 Å². The minimum absolute atomic E-state index is 0.0529. The first-order valence-corrected chi connectivity index (χ1v) is 9.21. The first-order chi connectivity index (χ1) is 13.5. The summed E-state index contributed by atoms with van der Waals surface area (Å²) in [5.74, 6) is 0.636. The highest BCUT2D eigenvalue weighted by Crippen LogP contribution is 2.24. The molecule has 0 bridgehead atoms. The van der Waals surface area contributed by atoms with Crippen molar-refractivity contribution in [3.05, 3.63) is 98.6 Å². The molecule has 0 amide bonds. The molecule has 0 fully saturated rings. The second kappa shape index (κ2) is 9.15. The number of hydrogen-bond donors (Lipinski definition) is 0. The number of nitro benzene ring substituents is 1. The Kier molecular flexibility index (Phi) is 6.40. The van der Waals surface area contributed by atoms with E-state index in [1.807, 2.05) is 12.1 Å². The zero-order chi connectivity index (χ0) is 19.9. The van der Waals surface area contributed by atoms with E-state index < -0.39 is 4.92 Å². The van der Waals surface area contributed by atoms with Gasteiger partial charge >= 0.3 is 0 Å². The van der Waals surface area contributed by atoms with Crippen molar-refractivity contribution in [3.8, 4) is 5.75 Å². The van der Waals surface area contributed by atoms with Gasteiger partial charge in [0.15, 0.2) is 0 Å². The predicted octanol–water partition coefficient (Wildman–Crippen LogP) is 6.14. The molecular weight excluding hydrogens is 376 g/mol. The molecule has 0 N–H and O–H groups in total. The van der Waals surface area contributed by atoms with Gasteiger partial charge in [0.25, 0.3) is 5.69 Å². The summed E-state index contributed by atoms with van der Waals surface area (Å²) in [4.78, 5) is 14.8. The summed E-state index contributed by atoms with van der Waals surface area (Å²) in [5.41, 5.74) is 3.75. The quantitative estimate of drug-likeness (QED) is 0.274. The van der Waals surface area contributed by atoms with Crippen LogP contribution in [-0.4, -0.2) is 11.1 Å². The second-order valence-electron chi connectivity index (χ2n) is 6.17. The molecule has 0 heterocycles. The normalized spacial score (nSPS) is 10.9. The van der Waals surface area contributed by atoms with Crippen LogP contribution in [0.4, 0.5) is 11.4 Å². The molecular formula is C22H19ClN2O3. The number of nitro groups is 1. The summed E-state index contributed by atoms with van der Waals surface area (Å²) in [5, 5.41) is 11.3. The monoisotopic (exact) mass is 394 g/mol. The lowest BCUT2D eigenvalue weighted by Crippen LogP contribution is -1.99. The van der Waals surface area contributed by atoms with Crippen LogP contribution in [0, 0.1) is 10.1 Å². The summed E-state index contributed by atoms with van der Waals surface area (Å²) >= 11 is 6.12. The Balaban J connectivity index is 1.74. The zero-order valence-corrected chi connectivity index (χ0v) is 16.1. The second-order valence-corrected chi connectivity index (χ2v) is 6.61. The Labute approximate surface area is 168 Å². The van der Waals surface area contributed by atoms with Gasteiger partial charge in [0, 0.05) is 28.9 Å². The molecule has 5 nitrogen and oxygen atoms in total. The average molecular weight is 395 g/mol. The van der Waals surface area contributed by atoms with E-state index in [1.54, 1.807) is 36.5 Å². The van der Waals surface area contributed by atoms with Gasteiger partial charge in [-0.25, -0.2) is 0 Å². The summed E-state index contributed by atoms with van der Waals surface area (Å²) in [7, 11) is 0. The third-order valence-corrected chi connectivity index (χ3v) is 4.45. The zero-order valence-electron chi connectivity index (χ0n) is 15.3. The van der Waals surface area contributed by atoms with Crippen LogP contribution in [0.2, 0.25) is 5.02 Å². The third kappa shape index (κ3) is 5.18. The maximum atomic E-state index is 10.7. The highest BCUT2D eigenvalue weighted by molar-refractivity contribution is 6.30. The van der Waals surface area contributed by atoms with Crippen LogP contribution in [0.25, 0.3) is 0 Å². The Hall–Kier alpha value is -3.18. The molecule has 0 saturated heterocycles. The number of benzene rings is 3. The van der Waals surface area contributed by atoms with E-state index in [0.29, 0.717) is 10.8 Å². The highest BCUT2D eigenvalue weighted by atomic mass is 35.5. The van der Waals surface area contributed by atoms with Gasteiger partial charge in [-0.3, -0.25) is 15.1 Å². The lowest BCUT2D eigenvalue weighted by Gasteiger charge is -2.09. The molecule has 0 saturated carbocycles. The highest BCUT2D eigenvalue weighted by Gasteiger charge is 2.07. The summed E-state index contributed by atoms with van der Waals surface area (Å²) < 4.78 is 5.88. The topological polar surface area (TPSA) is 64.7 Å². The maximum Gasteiger partial charge on any atom is 0.269 e. The SMILES string of the molecule is CCc1ccc(N=Cc2cc(Cl)ccc2OCc2ccc([N+](=O)[O-])cc2)cc1. The average Bonchev–Trinajstić information content (AvgIpc) is 2.72. The van der Waals surface area contributed by atoms with E-state index >= 15 is 0 Å². The van der Waals surface area contributed by atoms with Gasteiger partial charge in [0.05, 0.1) is 10.6 Å². The van der Waals surface area contributed by atoms with Crippen molar-refractivity contribution < 1.29 is 9.66 Å². The Morgan fingerprint density at radius 3 is 2.36 bits per heavy atom. The van der Waals surface area contributed by atoms with Crippen molar-refractivity contribution in [1.29, 1.82) is 0 Å². The van der Waals surface area contributed by atoms with Gasteiger partial charge in [-0.2, -0.15) is 0 Å². The van der Waals surface area contributed by atoms with E-state index in [0.717, 1.165) is 23.2 Å². The largest absolute Gasteiger partial charge is 0.488 e. The molecule has 3 rings (SSSR count). The molecule has 0 radical (unpaired) electrons. The number of ether oxygens (including phenoxy) is 1. The first-order valence-electron chi connectivity index (χ1n) is 8.84. The van der Waals surface area contributed by atoms with Crippen molar-refractivity contribution in [2.45, 2.75) is 20.0 Å². The van der Waals surface area contributed by atoms with Gasteiger partial charge in [-0.1, -0.05) is 30.7 Å². The molecule has 142 valence electrons. The van der Waals surface area contributed by atoms with E-state index in [2.05, 4.69) is 24.0 Å². The van der Waals surface area contributed by atoms with Crippen LogP contribution in [0.5, 0.6) is 5.75 Å². The molecule has 0 atom stereocenters.